The highest BCUT2D eigenvalue weighted by atomic mass is 32.1. The van der Waals surface area contributed by atoms with E-state index in [-0.39, 0.29) is 0 Å². The van der Waals surface area contributed by atoms with Crippen LogP contribution in [0, 0.1) is 0 Å². The summed E-state index contributed by atoms with van der Waals surface area (Å²) in [6, 6.07) is 106. The monoisotopic (exact) mass is 997 g/mol. The van der Waals surface area contributed by atoms with Gasteiger partial charge in [0.25, 0.3) is 0 Å². The summed E-state index contributed by atoms with van der Waals surface area (Å²) in [4.78, 5) is 2.50. The van der Waals surface area contributed by atoms with Crippen LogP contribution in [0.25, 0.3) is 75.5 Å². The summed E-state index contributed by atoms with van der Waals surface area (Å²) in [5.41, 5.74) is 20.7. The molecule has 0 fully saturated rings. The molecule has 0 radical (unpaired) electrons. The summed E-state index contributed by atoms with van der Waals surface area (Å²) >= 11 is 1.87. The summed E-state index contributed by atoms with van der Waals surface area (Å²) in [7, 11) is 0. The molecule has 2 heterocycles. The SMILES string of the molecule is c1ccc(C2(c3ccccc3)c3ccccc3-c3ccc(N(c4ccc(-c5cccc6c5sc5ccccc56)cc4)c4cc(C5(c6ccccc6)c6ccccc6-c6ccccc65)c5oc6ccccc6c5c4)cc32)cc1. The van der Waals surface area contributed by atoms with Gasteiger partial charge in [-0.05, 0) is 121 Å². The molecule has 0 N–H and O–H groups in total. The van der Waals surface area contributed by atoms with Gasteiger partial charge in [0.2, 0.25) is 0 Å². The summed E-state index contributed by atoms with van der Waals surface area (Å²) in [5.74, 6) is 0. The highest BCUT2D eigenvalue weighted by molar-refractivity contribution is 7.26. The van der Waals surface area contributed by atoms with E-state index in [4.69, 9.17) is 4.42 Å². The second-order valence-corrected chi connectivity index (χ2v) is 21.6. The maximum absolute atomic E-state index is 7.24. The molecule has 0 saturated carbocycles. The van der Waals surface area contributed by atoms with Gasteiger partial charge >= 0.3 is 0 Å². The second-order valence-electron chi connectivity index (χ2n) is 20.6. The number of benzene rings is 12. The van der Waals surface area contributed by atoms with Gasteiger partial charge in [-0.2, -0.15) is 0 Å². The fraction of sp³-hybridized carbons (Fsp3) is 0.0270. The van der Waals surface area contributed by atoms with Crippen LogP contribution in [-0.2, 0) is 10.8 Å². The number of hydrogen-bond acceptors (Lipinski definition) is 3. The first-order valence-corrected chi connectivity index (χ1v) is 27.4. The number of hydrogen-bond donors (Lipinski definition) is 0. The van der Waals surface area contributed by atoms with Crippen LogP contribution in [0.5, 0.6) is 0 Å². The molecule has 2 aromatic heterocycles. The molecule has 3 heteroatoms. The van der Waals surface area contributed by atoms with E-state index >= 15 is 0 Å². The summed E-state index contributed by atoms with van der Waals surface area (Å²) < 4.78 is 9.85. The first-order chi connectivity index (χ1) is 38.2. The quantitative estimate of drug-likeness (QED) is 0.151. The zero-order valence-corrected chi connectivity index (χ0v) is 42.7. The van der Waals surface area contributed by atoms with Crippen LogP contribution in [0.2, 0.25) is 0 Å². The van der Waals surface area contributed by atoms with Gasteiger partial charge in [-0.1, -0.05) is 237 Å². The molecule has 0 saturated heterocycles. The third-order valence-electron chi connectivity index (χ3n) is 16.8. The van der Waals surface area contributed by atoms with E-state index in [1.54, 1.807) is 0 Å². The zero-order chi connectivity index (χ0) is 50.7. The Morgan fingerprint density at radius 1 is 0.299 bits per heavy atom. The molecule has 0 unspecified atom stereocenters. The van der Waals surface area contributed by atoms with E-state index in [9.17, 15) is 0 Å². The predicted molar refractivity (Wildman–Crippen MR) is 321 cm³/mol. The number of fused-ring (bicyclic) bond motifs is 12. The van der Waals surface area contributed by atoms with Crippen molar-refractivity contribution in [1.29, 1.82) is 0 Å². The summed E-state index contributed by atoms with van der Waals surface area (Å²) in [5, 5.41) is 4.75. The molecule has 2 aliphatic carbocycles. The molecule has 2 aliphatic rings. The third-order valence-corrected chi connectivity index (χ3v) is 18.0. The fourth-order valence-electron chi connectivity index (χ4n) is 13.7. The molecule has 0 bridgehead atoms. The van der Waals surface area contributed by atoms with Crippen LogP contribution in [0.3, 0.4) is 0 Å². The van der Waals surface area contributed by atoms with E-state index in [2.05, 4.69) is 290 Å². The van der Waals surface area contributed by atoms with E-state index in [0.29, 0.717) is 0 Å². The Morgan fingerprint density at radius 3 is 1.43 bits per heavy atom. The van der Waals surface area contributed by atoms with Gasteiger partial charge in [-0.25, -0.2) is 0 Å². The number of furan rings is 1. The van der Waals surface area contributed by atoms with Crippen LogP contribution in [0.1, 0.15) is 44.5 Å². The second kappa shape index (κ2) is 17.0. The van der Waals surface area contributed by atoms with Gasteiger partial charge in [0.15, 0.2) is 0 Å². The van der Waals surface area contributed by atoms with Crippen molar-refractivity contribution in [3.05, 3.63) is 330 Å². The van der Waals surface area contributed by atoms with Crippen molar-refractivity contribution in [1.82, 2.24) is 0 Å². The Kier molecular flexibility index (Phi) is 9.67. The van der Waals surface area contributed by atoms with Crippen LogP contribution in [-0.4, -0.2) is 0 Å². The minimum Gasteiger partial charge on any atom is -0.456 e. The number of rotatable bonds is 8. The Morgan fingerprint density at radius 2 is 0.779 bits per heavy atom. The Hall–Kier alpha value is -9.54. The van der Waals surface area contributed by atoms with Crippen LogP contribution < -0.4 is 4.90 Å². The first-order valence-electron chi connectivity index (χ1n) is 26.6. The molecular weight excluding hydrogens is 951 g/mol. The molecule has 12 aromatic carbocycles. The molecule has 2 nitrogen and oxygen atoms in total. The number of anilines is 3. The zero-order valence-electron chi connectivity index (χ0n) is 41.9. The van der Waals surface area contributed by atoms with Crippen molar-refractivity contribution in [3.63, 3.8) is 0 Å². The first kappa shape index (κ1) is 43.8. The lowest BCUT2D eigenvalue weighted by Gasteiger charge is -2.36. The maximum atomic E-state index is 7.24. The van der Waals surface area contributed by atoms with Crippen molar-refractivity contribution in [3.8, 4) is 33.4 Å². The topological polar surface area (TPSA) is 16.4 Å². The van der Waals surface area contributed by atoms with Crippen LogP contribution in [0.4, 0.5) is 17.1 Å². The highest BCUT2D eigenvalue weighted by Gasteiger charge is 2.49. The lowest BCUT2D eigenvalue weighted by molar-refractivity contribution is 0.648. The van der Waals surface area contributed by atoms with E-state index in [1.807, 2.05) is 11.3 Å². The van der Waals surface area contributed by atoms with Crippen molar-refractivity contribution < 1.29 is 4.42 Å². The average molecular weight is 998 g/mol. The summed E-state index contributed by atoms with van der Waals surface area (Å²) in [6.45, 7) is 0. The van der Waals surface area contributed by atoms with Crippen molar-refractivity contribution in [2.45, 2.75) is 10.8 Å². The van der Waals surface area contributed by atoms with Gasteiger partial charge in [0.1, 0.15) is 11.2 Å². The Bertz CT molecular complexity index is 4540. The largest absolute Gasteiger partial charge is 0.456 e. The van der Waals surface area contributed by atoms with Gasteiger partial charge in [0.05, 0.1) is 10.8 Å². The van der Waals surface area contributed by atoms with Crippen LogP contribution >= 0.6 is 11.3 Å². The third kappa shape index (κ3) is 6.23. The Labute approximate surface area is 451 Å². The van der Waals surface area contributed by atoms with E-state index in [0.717, 1.165) is 44.6 Å². The smallest absolute Gasteiger partial charge is 0.140 e. The molecule has 14 aromatic rings. The summed E-state index contributed by atoms with van der Waals surface area (Å²) in [6.07, 6.45) is 0. The van der Waals surface area contributed by atoms with Crippen molar-refractivity contribution in [2.75, 3.05) is 4.90 Å². The fourth-order valence-corrected chi connectivity index (χ4v) is 14.9. The molecule has 360 valence electrons. The number of thiophene rings is 1. The standard InChI is InChI=1S/C74H47NOS/c1-4-21-49(22-5-1)73(50-23-6-2-7-24-50)64-34-15-10-29-58(64)59-44-43-53(46-67(59)73)75(52-41-39-48(40-42-52)55-32-20-33-62-61-31-14-19-38-70(61)77-72(55)62)54-45-63-60-30-13-18-37-69(60)76-71(63)68(47-54)74(51-25-8-3-9-26-51)65-35-16-11-27-56(65)57-28-12-17-36-66(57)74/h1-47H. The minimum absolute atomic E-state index is 0.590. The molecule has 0 aliphatic heterocycles. The van der Waals surface area contributed by atoms with Gasteiger partial charge in [-0.3, -0.25) is 0 Å². The van der Waals surface area contributed by atoms with Crippen molar-refractivity contribution in [2.24, 2.45) is 0 Å². The maximum Gasteiger partial charge on any atom is 0.140 e. The van der Waals surface area contributed by atoms with Crippen LogP contribution in [0.15, 0.2) is 290 Å². The predicted octanol–water partition coefficient (Wildman–Crippen LogP) is 19.8. The van der Waals surface area contributed by atoms with E-state index < -0.39 is 10.8 Å². The number of nitrogens with zero attached hydrogens (tertiary/aromatic N) is 1. The number of para-hydroxylation sites is 1. The molecule has 16 rings (SSSR count). The van der Waals surface area contributed by atoms with Gasteiger partial charge in [0, 0.05) is 53.6 Å². The lowest BCUT2D eigenvalue weighted by atomic mass is 9.67. The molecular formula is C74H47NOS. The highest BCUT2D eigenvalue weighted by Crippen LogP contribution is 2.60. The molecule has 77 heavy (non-hydrogen) atoms. The molecule has 0 spiro atoms. The van der Waals surface area contributed by atoms with Gasteiger partial charge in [-0.15, -0.1) is 11.3 Å². The van der Waals surface area contributed by atoms with E-state index in [1.165, 1.54) is 92.5 Å². The molecule has 0 atom stereocenters. The van der Waals surface area contributed by atoms with Crippen molar-refractivity contribution >= 4 is 70.5 Å². The Balaban J connectivity index is 1.00. The minimum atomic E-state index is -0.732. The average Bonchev–Trinajstić information content (AvgIpc) is 4.45. The van der Waals surface area contributed by atoms with Gasteiger partial charge < -0.3 is 9.32 Å². The lowest BCUT2D eigenvalue weighted by Crippen LogP contribution is -2.29. The normalized spacial score (nSPS) is 13.7. The molecule has 0 amide bonds.